The van der Waals surface area contributed by atoms with E-state index in [1.54, 1.807) is 0 Å². The molecule has 1 aromatic carbocycles. The zero-order valence-corrected chi connectivity index (χ0v) is 6.99. The highest BCUT2D eigenvalue weighted by Gasteiger charge is 2.04. The number of benzene rings is 1. The molecule has 1 unspecified atom stereocenters. The maximum absolute atomic E-state index is 12.4. The van der Waals surface area contributed by atoms with E-state index in [4.69, 9.17) is 4.55 Å². The third-order valence-electron chi connectivity index (χ3n) is 1.09. The molecule has 0 spiro atoms. The van der Waals surface area contributed by atoms with Gasteiger partial charge in [-0.05, 0) is 18.2 Å². The molecular formula is C6H5FO2S2. The van der Waals surface area contributed by atoms with E-state index < -0.39 is 14.6 Å². The largest absolute Gasteiger partial charge is 0.302 e. The molecule has 60 valence electrons. The van der Waals surface area contributed by atoms with Crippen molar-refractivity contribution in [1.82, 2.24) is 0 Å². The minimum atomic E-state index is -3.43. The van der Waals surface area contributed by atoms with Gasteiger partial charge in [-0.1, -0.05) is 6.07 Å². The molecular weight excluding hydrogens is 187 g/mol. The van der Waals surface area contributed by atoms with Gasteiger partial charge in [-0.25, -0.2) is 8.60 Å². The lowest BCUT2D eigenvalue weighted by Gasteiger charge is -1.97. The van der Waals surface area contributed by atoms with Gasteiger partial charge in [-0.2, -0.15) is 0 Å². The van der Waals surface area contributed by atoms with Gasteiger partial charge in [0.05, 0.1) is 4.90 Å². The summed E-state index contributed by atoms with van der Waals surface area (Å²) < 4.78 is 31.9. The second kappa shape index (κ2) is 2.84. The quantitative estimate of drug-likeness (QED) is 0.731. The standard InChI is InChI=1S/C6H5FO2S2/c7-5-2-1-3-6(4-5)11(8,9)10/h1-4H,(H,8,9,10). The molecule has 1 aromatic rings. The average Bonchev–Trinajstić information content (AvgIpc) is 1.86. The van der Waals surface area contributed by atoms with E-state index in [2.05, 4.69) is 11.2 Å². The lowest BCUT2D eigenvalue weighted by Crippen LogP contribution is -1.95. The molecule has 0 heterocycles. The van der Waals surface area contributed by atoms with Crippen molar-refractivity contribution in [3.63, 3.8) is 0 Å². The van der Waals surface area contributed by atoms with Crippen LogP contribution < -0.4 is 0 Å². The Morgan fingerprint density at radius 2 is 2.18 bits per heavy atom. The molecule has 0 saturated heterocycles. The van der Waals surface area contributed by atoms with Crippen molar-refractivity contribution in [2.75, 3.05) is 0 Å². The van der Waals surface area contributed by atoms with E-state index in [1.807, 2.05) is 0 Å². The molecule has 1 atom stereocenters. The molecule has 0 fully saturated rings. The molecule has 0 aliphatic heterocycles. The third-order valence-corrected chi connectivity index (χ3v) is 2.52. The zero-order chi connectivity index (χ0) is 8.48. The summed E-state index contributed by atoms with van der Waals surface area (Å²) in [5.41, 5.74) is 0. The van der Waals surface area contributed by atoms with Crippen LogP contribution in [-0.4, -0.2) is 8.76 Å². The number of hydrogen-bond acceptors (Lipinski definition) is 2. The van der Waals surface area contributed by atoms with Crippen LogP contribution in [0.25, 0.3) is 0 Å². The van der Waals surface area contributed by atoms with Crippen molar-refractivity contribution in [3.8, 4) is 0 Å². The Morgan fingerprint density at radius 1 is 1.55 bits per heavy atom. The van der Waals surface area contributed by atoms with Gasteiger partial charge in [0.2, 0.25) is 0 Å². The fourth-order valence-electron chi connectivity index (χ4n) is 0.627. The molecule has 0 amide bonds. The van der Waals surface area contributed by atoms with Crippen LogP contribution in [0.4, 0.5) is 4.39 Å². The number of halogens is 1. The van der Waals surface area contributed by atoms with Gasteiger partial charge in [-0.15, -0.1) is 0 Å². The second-order valence-corrected chi connectivity index (χ2v) is 4.71. The maximum atomic E-state index is 12.4. The minimum absolute atomic E-state index is 0.0625. The Kier molecular flexibility index (Phi) is 2.22. The van der Waals surface area contributed by atoms with Crippen LogP contribution in [0.1, 0.15) is 0 Å². The van der Waals surface area contributed by atoms with E-state index in [1.165, 1.54) is 18.2 Å². The average molecular weight is 192 g/mol. The predicted molar refractivity (Wildman–Crippen MR) is 42.8 cm³/mol. The van der Waals surface area contributed by atoms with Crippen molar-refractivity contribution in [2.24, 2.45) is 0 Å². The van der Waals surface area contributed by atoms with Crippen molar-refractivity contribution in [3.05, 3.63) is 30.1 Å². The Labute approximate surface area is 68.6 Å². The van der Waals surface area contributed by atoms with Gasteiger partial charge in [0.1, 0.15) is 5.82 Å². The van der Waals surface area contributed by atoms with Crippen LogP contribution in [0, 0.1) is 5.82 Å². The number of rotatable bonds is 1. The minimum Gasteiger partial charge on any atom is -0.302 e. The number of hydrogen-bond donors (Lipinski definition) is 1. The highest BCUT2D eigenvalue weighted by Crippen LogP contribution is 2.09. The molecule has 0 bridgehead atoms. The third kappa shape index (κ3) is 2.21. The van der Waals surface area contributed by atoms with Gasteiger partial charge in [0.15, 0.2) is 8.77 Å². The van der Waals surface area contributed by atoms with Gasteiger partial charge in [0.25, 0.3) is 0 Å². The van der Waals surface area contributed by atoms with E-state index in [-0.39, 0.29) is 4.90 Å². The van der Waals surface area contributed by atoms with Crippen LogP contribution in [0.2, 0.25) is 0 Å². The maximum Gasteiger partial charge on any atom is 0.171 e. The van der Waals surface area contributed by atoms with Gasteiger partial charge in [-0.3, -0.25) is 0 Å². The first-order chi connectivity index (χ1) is 5.00. The first-order valence-corrected chi connectivity index (χ1v) is 5.17. The fourth-order valence-corrected chi connectivity index (χ4v) is 1.45. The summed E-state index contributed by atoms with van der Waals surface area (Å²) in [6.07, 6.45) is 0. The highest BCUT2D eigenvalue weighted by atomic mass is 32.8. The molecule has 0 saturated carbocycles. The summed E-state index contributed by atoms with van der Waals surface area (Å²) >= 11 is 4.23. The Morgan fingerprint density at radius 3 is 2.55 bits per heavy atom. The normalized spacial score (nSPS) is 15.8. The van der Waals surface area contributed by atoms with Crippen LogP contribution in [0.3, 0.4) is 0 Å². The molecule has 0 aliphatic carbocycles. The lowest BCUT2D eigenvalue weighted by atomic mass is 10.4. The summed E-state index contributed by atoms with van der Waals surface area (Å²) in [4.78, 5) is -0.0625. The van der Waals surface area contributed by atoms with Crippen molar-refractivity contribution < 1.29 is 13.2 Å². The summed E-state index contributed by atoms with van der Waals surface area (Å²) in [6, 6.07) is 4.80. The molecule has 0 aromatic heterocycles. The van der Waals surface area contributed by atoms with Gasteiger partial charge >= 0.3 is 0 Å². The topological polar surface area (TPSA) is 37.3 Å². The summed E-state index contributed by atoms with van der Waals surface area (Å²) in [7, 11) is -3.43. The molecule has 5 heteroatoms. The molecule has 11 heavy (non-hydrogen) atoms. The zero-order valence-electron chi connectivity index (χ0n) is 5.36. The highest BCUT2D eigenvalue weighted by molar-refractivity contribution is 8.29. The molecule has 1 rings (SSSR count). The van der Waals surface area contributed by atoms with Gasteiger partial charge < -0.3 is 4.55 Å². The smallest absolute Gasteiger partial charge is 0.171 e. The molecule has 2 nitrogen and oxygen atoms in total. The van der Waals surface area contributed by atoms with Crippen molar-refractivity contribution in [2.45, 2.75) is 4.90 Å². The molecule has 1 N–H and O–H groups in total. The van der Waals surface area contributed by atoms with E-state index in [9.17, 15) is 8.60 Å². The van der Waals surface area contributed by atoms with E-state index in [0.717, 1.165) is 6.07 Å². The molecule has 0 radical (unpaired) electrons. The Balaban J connectivity index is 3.28. The van der Waals surface area contributed by atoms with Crippen LogP contribution >= 0.6 is 0 Å². The fraction of sp³-hybridized carbons (Fsp3) is 0. The van der Waals surface area contributed by atoms with Crippen molar-refractivity contribution in [1.29, 1.82) is 0 Å². The summed E-state index contributed by atoms with van der Waals surface area (Å²) in [6.45, 7) is 0. The predicted octanol–water partition coefficient (Wildman–Crippen LogP) is 1.40. The van der Waals surface area contributed by atoms with E-state index in [0.29, 0.717) is 0 Å². The first-order valence-electron chi connectivity index (χ1n) is 2.73. The van der Waals surface area contributed by atoms with Crippen molar-refractivity contribution >= 4 is 20.0 Å². The lowest BCUT2D eigenvalue weighted by molar-refractivity contribution is 0.559. The van der Waals surface area contributed by atoms with Crippen LogP contribution in [0.15, 0.2) is 29.2 Å². The Bertz CT molecular complexity index is 359. The van der Waals surface area contributed by atoms with Gasteiger partial charge in [0, 0.05) is 11.2 Å². The monoisotopic (exact) mass is 192 g/mol. The molecule has 0 aliphatic rings. The summed E-state index contributed by atoms with van der Waals surface area (Å²) in [5.74, 6) is -0.561. The van der Waals surface area contributed by atoms with Crippen LogP contribution in [-0.2, 0) is 20.0 Å². The second-order valence-electron chi connectivity index (χ2n) is 1.93. The Hall–Kier alpha value is -0.520. The van der Waals surface area contributed by atoms with Crippen LogP contribution in [0.5, 0.6) is 0 Å². The van der Waals surface area contributed by atoms with E-state index >= 15 is 0 Å². The summed E-state index contributed by atoms with van der Waals surface area (Å²) in [5, 5.41) is 0. The first kappa shape index (κ1) is 8.58. The SMILES string of the molecule is O=S(O)(=S)c1cccc(F)c1.